The van der Waals surface area contributed by atoms with Gasteiger partial charge in [0.1, 0.15) is 0 Å². The van der Waals surface area contributed by atoms with Crippen molar-refractivity contribution < 1.29 is 14.6 Å². The van der Waals surface area contributed by atoms with Crippen LogP contribution in [0.5, 0.6) is 0 Å². The molecule has 0 saturated carbocycles. The molecule has 0 unspecified atom stereocenters. The van der Waals surface area contributed by atoms with Crippen molar-refractivity contribution in [3.63, 3.8) is 0 Å². The molecule has 0 spiro atoms. The van der Waals surface area contributed by atoms with Gasteiger partial charge in [0.25, 0.3) is 0 Å². The van der Waals surface area contributed by atoms with Crippen molar-refractivity contribution in [2.45, 2.75) is 52.1 Å². The lowest BCUT2D eigenvalue weighted by Gasteiger charge is -2.33. The molecule has 27 heavy (non-hydrogen) atoms. The van der Waals surface area contributed by atoms with Crippen molar-refractivity contribution in [3.05, 3.63) is 0 Å². The number of esters is 1. The number of aliphatic imine (C=N–C) groups is 1. The number of guanidine groups is 1. The fourth-order valence-corrected chi connectivity index (χ4v) is 3.64. The Bertz CT molecular complexity index is 448. The molecule has 0 aromatic carbocycles. The molecule has 2 N–H and O–H groups in total. The quantitative estimate of drug-likeness (QED) is 0.184. The second kappa shape index (κ2) is 13.5. The second-order valence-corrected chi connectivity index (χ2v) is 7.18. The zero-order valence-corrected chi connectivity index (χ0v) is 19.2. The molecule has 2 aliphatic rings. The summed E-state index contributed by atoms with van der Waals surface area (Å²) in [5, 5.41) is 12.9. The van der Waals surface area contributed by atoms with Gasteiger partial charge in [-0.25, -0.2) is 0 Å². The Balaban J connectivity index is 0.00000364. The number of hydrogen-bond acceptors (Lipinski definition) is 5. The number of hydrogen-bond donors (Lipinski definition) is 2. The van der Waals surface area contributed by atoms with Crippen molar-refractivity contribution in [1.82, 2.24) is 15.1 Å². The summed E-state index contributed by atoms with van der Waals surface area (Å²) in [5.74, 6) is 0.938. The first-order valence-electron chi connectivity index (χ1n) is 10.2. The fourth-order valence-electron chi connectivity index (χ4n) is 3.64. The first-order chi connectivity index (χ1) is 12.6. The summed E-state index contributed by atoms with van der Waals surface area (Å²) in [7, 11) is 0. The fraction of sp³-hybridized carbons (Fsp3) is 0.895. The number of carbonyl (C=O) groups is 1. The number of halogens is 1. The van der Waals surface area contributed by atoms with Crippen LogP contribution in [0.1, 0.15) is 46.0 Å². The number of nitrogens with zero attached hydrogens (tertiary/aromatic N) is 3. The summed E-state index contributed by atoms with van der Waals surface area (Å²) in [6.45, 7) is 10.8. The average Bonchev–Trinajstić information content (AvgIpc) is 2.66. The van der Waals surface area contributed by atoms with Crippen LogP contribution >= 0.6 is 24.0 Å². The maximum Gasteiger partial charge on any atom is 0.309 e. The van der Waals surface area contributed by atoms with Crippen molar-refractivity contribution >= 4 is 35.9 Å². The smallest absolute Gasteiger partial charge is 0.309 e. The van der Waals surface area contributed by atoms with Gasteiger partial charge in [-0.05, 0) is 52.5 Å². The molecule has 0 aliphatic carbocycles. The van der Waals surface area contributed by atoms with Crippen LogP contribution in [-0.4, -0.2) is 85.4 Å². The van der Waals surface area contributed by atoms with Crippen molar-refractivity contribution in [3.8, 4) is 0 Å². The van der Waals surface area contributed by atoms with E-state index in [1.54, 1.807) is 0 Å². The van der Waals surface area contributed by atoms with E-state index in [2.05, 4.69) is 22.0 Å². The Morgan fingerprint density at radius 1 is 1.15 bits per heavy atom. The van der Waals surface area contributed by atoms with Crippen molar-refractivity contribution in [1.29, 1.82) is 0 Å². The summed E-state index contributed by atoms with van der Waals surface area (Å²) < 4.78 is 5.14. The lowest BCUT2D eigenvalue weighted by atomic mass is 9.97. The largest absolute Gasteiger partial charge is 0.466 e. The topological polar surface area (TPSA) is 77.4 Å². The molecule has 7 nitrogen and oxygen atoms in total. The van der Waals surface area contributed by atoms with Crippen LogP contribution in [-0.2, 0) is 9.53 Å². The van der Waals surface area contributed by atoms with E-state index in [1.165, 1.54) is 0 Å². The van der Waals surface area contributed by atoms with Crippen LogP contribution in [0.3, 0.4) is 0 Å². The maximum absolute atomic E-state index is 11.9. The van der Waals surface area contributed by atoms with E-state index in [9.17, 15) is 9.90 Å². The lowest BCUT2D eigenvalue weighted by molar-refractivity contribution is -0.149. The van der Waals surface area contributed by atoms with Gasteiger partial charge in [0.2, 0.25) is 0 Å². The molecular formula is C19H37IN4O3. The number of aliphatic hydroxyl groups is 1. The number of aliphatic hydroxyl groups excluding tert-OH is 1. The Hall–Kier alpha value is -0.610. The normalized spacial score (nSPS) is 20.3. The van der Waals surface area contributed by atoms with Crippen LogP contribution in [0.2, 0.25) is 0 Å². The van der Waals surface area contributed by atoms with Crippen LogP contribution in [0.4, 0.5) is 0 Å². The molecule has 0 radical (unpaired) electrons. The van der Waals surface area contributed by atoms with Crippen LogP contribution in [0, 0.1) is 5.92 Å². The molecule has 2 aliphatic heterocycles. The molecule has 2 fully saturated rings. The van der Waals surface area contributed by atoms with Crippen LogP contribution < -0.4 is 5.32 Å². The van der Waals surface area contributed by atoms with Gasteiger partial charge in [-0.1, -0.05) is 0 Å². The minimum Gasteiger partial charge on any atom is -0.466 e. The molecule has 0 atom stereocenters. The summed E-state index contributed by atoms with van der Waals surface area (Å²) in [4.78, 5) is 21.3. The van der Waals surface area contributed by atoms with E-state index < -0.39 is 0 Å². The number of nitrogens with one attached hydrogen (secondary N) is 1. The molecular weight excluding hydrogens is 459 g/mol. The molecule has 2 heterocycles. The zero-order chi connectivity index (χ0) is 18.8. The highest BCUT2D eigenvalue weighted by atomic mass is 127. The van der Waals surface area contributed by atoms with Crippen LogP contribution in [0.25, 0.3) is 0 Å². The Labute approximate surface area is 180 Å². The molecule has 2 saturated heterocycles. The summed E-state index contributed by atoms with van der Waals surface area (Å²) in [5.41, 5.74) is 0. The highest BCUT2D eigenvalue weighted by Crippen LogP contribution is 2.19. The van der Waals surface area contributed by atoms with Gasteiger partial charge < -0.3 is 25.0 Å². The molecule has 0 amide bonds. The van der Waals surface area contributed by atoms with E-state index in [0.29, 0.717) is 6.61 Å². The third kappa shape index (κ3) is 8.51. The van der Waals surface area contributed by atoms with Crippen molar-refractivity contribution in [2.24, 2.45) is 10.9 Å². The van der Waals surface area contributed by atoms with E-state index in [1.807, 2.05) is 6.92 Å². The number of ether oxygens (including phenoxy) is 1. The molecule has 158 valence electrons. The molecule has 8 heteroatoms. The van der Waals surface area contributed by atoms with E-state index in [-0.39, 0.29) is 42.0 Å². The lowest BCUT2D eigenvalue weighted by Crippen LogP contribution is -2.46. The zero-order valence-electron chi connectivity index (χ0n) is 16.9. The molecule has 0 bridgehead atoms. The third-order valence-corrected chi connectivity index (χ3v) is 5.20. The summed E-state index contributed by atoms with van der Waals surface area (Å²) in [6.07, 6.45) is 4.37. The molecule has 2 rings (SSSR count). The van der Waals surface area contributed by atoms with E-state index in [4.69, 9.17) is 9.73 Å². The SMILES string of the molecule is CCNC(=NCCCN1CCC(O)CC1)N1CCC(C(=O)OCC)CC1.I. The second-order valence-electron chi connectivity index (χ2n) is 7.18. The van der Waals surface area contributed by atoms with Gasteiger partial charge in [0.15, 0.2) is 5.96 Å². The highest BCUT2D eigenvalue weighted by molar-refractivity contribution is 14.0. The number of likely N-dealkylation sites (tertiary alicyclic amines) is 2. The third-order valence-electron chi connectivity index (χ3n) is 5.20. The van der Waals surface area contributed by atoms with Gasteiger partial charge in [0.05, 0.1) is 18.6 Å². The van der Waals surface area contributed by atoms with E-state index >= 15 is 0 Å². The standard InChI is InChI=1S/C19H36N4O3.HI/c1-3-20-19(21-10-5-11-22-12-8-17(24)9-13-22)23-14-6-16(7-15-23)18(25)26-4-2;/h16-17,24H,3-15H2,1-2H3,(H,20,21);1H. The number of piperidine rings is 2. The van der Waals surface area contributed by atoms with Gasteiger partial charge in [-0.2, -0.15) is 0 Å². The minimum absolute atomic E-state index is 0. The Kier molecular flexibility index (Phi) is 12.3. The molecule has 0 aromatic rings. The maximum atomic E-state index is 11.9. The minimum atomic E-state index is -0.109. The molecule has 0 aromatic heterocycles. The highest BCUT2D eigenvalue weighted by Gasteiger charge is 2.27. The average molecular weight is 496 g/mol. The first kappa shape index (κ1) is 24.4. The predicted molar refractivity (Wildman–Crippen MR) is 119 cm³/mol. The Morgan fingerprint density at radius 2 is 1.81 bits per heavy atom. The van der Waals surface area contributed by atoms with E-state index in [0.717, 1.165) is 83.9 Å². The van der Waals surface area contributed by atoms with Gasteiger partial charge >= 0.3 is 5.97 Å². The first-order valence-corrected chi connectivity index (χ1v) is 10.2. The number of rotatable bonds is 7. The van der Waals surface area contributed by atoms with Gasteiger partial charge in [-0.15, -0.1) is 24.0 Å². The van der Waals surface area contributed by atoms with Crippen LogP contribution in [0.15, 0.2) is 4.99 Å². The monoisotopic (exact) mass is 496 g/mol. The summed E-state index contributed by atoms with van der Waals surface area (Å²) >= 11 is 0. The van der Waals surface area contributed by atoms with Gasteiger partial charge in [0, 0.05) is 39.3 Å². The van der Waals surface area contributed by atoms with Crippen molar-refractivity contribution in [2.75, 3.05) is 52.4 Å². The Morgan fingerprint density at radius 3 is 2.41 bits per heavy atom. The van der Waals surface area contributed by atoms with Gasteiger partial charge in [-0.3, -0.25) is 9.79 Å². The predicted octanol–water partition coefficient (Wildman–Crippen LogP) is 1.69. The summed E-state index contributed by atoms with van der Waals surface area (Å²) in [6, 6.07) is 0. The number of carbonyl (C=O) groups excluding carboxylic acids is 1.